The zero-order valence-electron chi connectivity index (χ0n) is 18.6. The maximum absolute atomic E-state index is 13.3. The molecule has 1 N–H and O–H groups in total. The second kappa shape index (κ2) is 9.03. The Kier molecular flexibility index (Phi) is 6.20. The highest BCUT2D eigenvalue weighted by Crippen LogP contribution is 2.28. The van der Waals surface area contributed by atoms with Gasteiger partial charge in [0.15, 0.2) is 5.65 Å². The predicted molar refractivity (Wildman–Crippen MR) is 120 cm³/mol. The first-order valence-corrected chi connectivity index (χ1v) is 10.6. The Morgan fingerprint density at radius 2 is 1.97 bits per heavy atom. The average Bonchev–Trinajstić information content (AvgIpc) is 3.03. The van der Waals surface area contributed by atoms with Gasteiger partial charge in [-0.1, -0.05) is 6.07 Å². The Hall–Kier alpha value is -2.97. The van der Waals surface area contributed by atoms with Gasteiger partial charge in [-0.25, -0.2) is 4.98 Å². The molecule has 3 heterocycles. The summed E-state index contributed by atoms with van der Waals surface area (Å²) in [5.74, 6) is 0.465. The van der Waals surface area contributed by atoms with Crippen molar-refractivity contribution in [1.29, 1.82) is 0 Å². The van der Waals surface area contributed by atoms with Crippen LogP contribution in [0.2, 0.25) is 0 Å². The molecule has 0 saturated carbocycles. The molecule has 1 fully saturated rings. The molecule has 3 aromatic rings. The van der Waals surface area contributed by atoms with E-state index in [1.54, 1.807) is 10.7 Å². The molecule has 164 valence electrons. The quantitative estimate of drug-likeness (QED) is 0.657. The van der Waals surface area contributed by atoms with Gasteiger partial charge in [0.25, 0.3) is 5.91 Å². The topological polar surface area (TPSA) is 81.5 Å². The lowest BCUT2D eigenvalue weighted by atomic mass is 10.1. The number of hydrogen-bond donors (Lipinski definition) is 1. The number of amides is 1. The normalized spacial score (nSPS) is 14.7. The van der Waals surface area contributed by atoms with E-state index in [-0.39, 0.29) is 5.91 Å². The summed E-state index contributed by atoms with van der Waals surface area (Å²) in [6.07, 6.45) is 0. The van der Waals surface area contributed by atoms with Crippen LogP contribution in [0.5, 0.6) is 5.75 Å². The number of anilines is 1. The monoisotopic (exact) mass is 423 g/mol. The number of carbonyl (C=O) groups excluding carboxylic acids is 1. The van der Waals surface area contributed by atoms with Crippen molar-refractivity contribution in [2.24, 2.45) is 7.05 Å². The van der Waals surface area contributed by atoms with E-state index in [1.807, 2.05) is 46.0 Å². The van der Waals surface area contributed by atoms with E-state index in [9.17, 15) is 4.79 Å². The molecule has 8 heteroatoms. The van der Waals surface area contributed by atoms with Crippen molar-refractivity contribution >= 4 is 22.6 Å². The molecule has 0 unspecified atom stereocenters. The third-order valence-corrected chi connectivity index (χ3v) is 5.49. The van der Waals surface area contributed by atoms with Crippen molar-refractivity contribution in [3.8, 4) is 5.75 Å². The van der Waals surface area contributed by atoms with Gasteiger partial charge in [-0.15, -0.1) is 0 Å². The van der Waals surface area contributed by atoms with Crippen LogP contribution in [0.15, 0.2) is 24.3 Å². The van der Waals surface area contributed by atoms with E-state index in [0.29, 0.717) is 29.3 Å². The molecule has 8 nitrogen and oxygen atoms in total. The third kappa shape index (κ3) is 4.70. The van der Waals surface area contributed by atoms with Crippen LogP contribution in [0, 0.1) is 20.8 Å². The highest BCUT2D eigenvalue weighted by Gasteiger charge is 2.19. The lowest BCUT2D eigenvalue weighted by molar-refractivity contribution is 0.0323. The zero-order valence-corrected chi connectivity index (χ0v) is 18.6. The first-order chi connectivity index (χ1) is 14.9. The summed E-state index contributed by atoms with van der Waals surface area (Å²) in [6.45, 7) is 10.5. The van der Waals surface area contributed by atoms with E-state index in [1.165, 1.54) is 0 Å². The van der Waals surface area contributed by atoms with Gasteiger partial charge in [-0.05, 0) is 44.5 Å². The predicted octanol–water partition coefficient (Wildman–Crippen LogP) is 2.86. The summed E-state index contributed by atoms with van der Waals surface area (Å²) in [5, 5.41) is 8.25. The Labute approximate surface area is 182 Å². The number of hydrogen-bond acceptors (Lipinski definition) is 6. The zero-order chi connectivity index (χ0) is 22.0. The summed E-state index contributed by atoms with van der Waals surface area (Å²) in [6, 6.07) is 7.64. The van der Waals surface area contributed by atoms with Crippen LogP contribution in [0.25, 0.3) is 11.0 Å². The van der Waals surface area contributed by atoms with E-state index >= 15 is 0 Å². The number of benzene rings is 1. The molecule has 0 radical (unpaired) electrons. The van der Waals surface area contributed by atoms with E-state index in [2.05, 4.69) is 20.3 Å². The highest BCUT2D eigenvalue weighted by molar-refractivity contribution is 6.13. The second-order valence-corrected chi connectivity index (χ2v) is 7.98. The minimum absolute atomic E-state index is 0.199. The smallest absolute Gasteiger partial charge is 0.256 e. The molecular weight excluding hydrogens is 394 g/mol. The highest BCUT2D eigenvalue weighted by atomic mass is 16.5. The average molecular weight is 424 g/mol. The Balaban J connectivity index is 1.54. The summed E-state index contributed by atoms with van der Waals surface area (Å²) >= 11 is 0. The molecule has 0 spiro atoms. The SMILES string of the molecule is Cc1ccc(OCCN2CCOCC2)c(NC(=O)c2cc(C)nc3c2c(C)nn3C)c1. The van der Waals surface area contributed by atoms with E-state index in [0.717, 1.165) is 55.2 Å². The van der Waals surface area contributed by atoms with Crippen molar-refractivity contribution in [3.05, 3.63) is 46.8 Å². The minimum atomic E-state index is -0.199. The fraction of sp³-hybridized carbons (Fsp3) is 0.435. The first-order valence-electron chi connectivity index (χ1n) is 10.6. The summed E-state index contributed by atoms with van der Waals surface area (Å²) in [7, 11) is 1.84. The molecule has 1 aliphatic rings. The van der Waals surface area contributed by atoms with Crippen molar-refractivity contribution in [1.82, 2.24) is 19.7 Å². The molecule has 0 atom stereocenters. The third-order valence-electron chi connectivity index (χ3n) is 5.49. The number of nitrogens with one attached hydrogen (secondary N) is 1. The molecule has 4 rings (SSSR count). The maximum Gasteiger partial charge on any atom is 0.256 e. The van der Waals surface area contributed by atoms with Gasteiger partial charge in [0.1, 0.15) is 12.4 Å². The standard InChI is InChI=1S/C23H29N5O3/c1-15-5-6-20(31-12-9-28-7-10-30-11-8-28)19(13-15)25-23(29)18-14-16(2)24-22-21(18)17(3)26-27(22)4/h5-6,13-14H,7-12H2,1-4H3,(H,25,29). The second-order valence-electron chi connectivity index (χ2n) is 7.98. The lowest BCUT2D eigenvalue weighted by Crippen LogP contribution is -2.38. The molecule has 1 saturated heterocycles. The largest absolute Gasteiger partial charge is 0.490 e. The van der Waals surface area contributed by atoms with Gasteiger partial charge in [0, 0.05) is 32.4 Å². The minimum Gasteiger partial charge on any atom is -0.490 e. The number of aromatic nitrogens is 3. The summed E-state index contributed by atoms with van der Waals surface area (Å²) < 4.78 is 13.1. The van der Waals surface area contributed by atoms with Gasteiger partial charge >= 0.3 is 0 Å². The van der Waals surface area contributed by atoms with E-state index in [4.69, 9.17) is 9.47 Å². The van der Waals surface area contributed by atoms with Crippen LogP contribution in [0.1, 0.15) is 27.3 Å². The molecule has 1 amide bonds. The van der Waals surface area contributed by atoms with Gasteiger partial charge < -0.3 is 14.8 Å². The Morgan fingerprint density at radius 3 is 2.74 bits per heavy atom. The number of pyridine rings is 1. The van der Waals surface area contributed by atoms with Crippen molar-refractivity contribution in [2.75, 3.05) is 44.8 Å². The van der Waals surface area contributed by atoms with Crippen LogP contribution in [-0.4, -0.2) is 65.0 Å². The number of aryl methyl sites for hydroxylation is 4. The molecule has 0 aliphatic carbocycles. The number of ether oxygens (including phenoxy) is 2. The summed E-state index contributed by atoms with van der Waals surface area (Å²) in [4.78, 5) is 20.1. The molecule has 1 aliphatic heterocycles. The van der Waals surface area contributed by atoms with Crippen molar-refractivity contribution < 1.29 is 14.3 Å². The van der Waals surface area contributed by atoms with Gasteiger partial charge in [0.2, 0.25) is 0 Å². The van der Waals surface area contributed by atoms with Crippen LogP contribution in [0.4, 0.5) is 5.69 Å². The molecule has 2 aromatic heterocycles. The summed E-state index contributed by atoms with van der Waals surface area (Å²) in [5.41, 5.74) is 4.52. The lowest BCUT2D eigenvalue weighted by Gasteiger charge is -2.26. The number of morpholine rings is 1. The fourth-order valence-corrected chi connectivity index (χ4v) is 3.92. The van der Waals surface area contributed by atoms with Gasteiger partial charge in [0.05, 0.1) is 35.5 Å². The van der Waals surface area contributed by atoms with Crippen molar-refractivity contribution in [2.45, 2.75) is 20.8 Å². The van der Waals surface area contributed by atoms with Crippen LogP contribution in [-0.2, 0) is 11.8 Å². The number of carbonyl (C=O) groups is 1. The van der Waals surface area contributed by atoms with Crippen LogP contribution in [0.3, 0.4) is 0 Å². The molecular formula is C23H29N5O3. The Morgan fingerprint density at radius 1 is 1.19 bits per heavy atom. The van der Waals surface area contributed by atoms with Crippen LogP contribution >= 0.6 is 0 Å². The van der Waals surface area contributed by atoms with Crippen molar-refractivity contribution in [3.63, 3.8) is 0 Å². The fourth-order valence-electron chi connectivity index (χ4n) is 3.92. The molecule has 0 bridgehead atoms. The molecule has 31 heavy (non-hydrogen) atoms. The first kappa shape index (κ1) is 21.3. The van der Waals surface area contributed by atoms with E-state index < -0.39 is 0 Å². The molecule has 1 aromatic carbocycles. The number of nitrogens with zero attached hydrogens (tertiary/aromatic N) is 4. The maximum atomic E-state index is 13.3. The number of fused-ring (bicyclic) bond motifs is 1. The van der Waals surface area contributed by atoms with Crippen LogP contribution < -0.4 is 10.1 Å². The number of rotatable bonds is 6. The van der Waals surface area contributed by atoms with Gasteiger partial charge in [-0.2, -0.15) is 5.10 Å². The Bertz CT molecular complexity index is 1100. The van der Waals surface area contributed by atoms with Gasteiger partial charge in [-0.3, -0.25) is 14.4 Å².